The summed E-state index contributed by atoms with van der Waals surface area (Å²) in [6.45, 7) is 5.93. The van der Waals surface area contributed by atoms with E-state index in [-0.39, 0.29) is 24.1 Å². The minimum Gasteiger partial charge on any atom is -0.468 e. The summed E-state index contributed by atoms with van der Waals surface area (Å²) in [7, 11) is 3.25. The molecule has 1 saturated heterocycles. The number of esters is 1. The monoisotopic (exact) mass is 475 g/mol. The van der Waals surface area contributed by atoms with E-state index in [0.717, 1.165) is 24.9 Å². The molecule has 1 aromatic heterocycles. The third-order valence-electron chi connectivity index (χ3n) is 7.87. The molecule has 0 amide bonds. The van der Waals surface area contributed by atoms with Gasteiger partial charge in [-0.1, -0.05) is 56.3 Å². The zero-order chi connectivity index (χ0) is 24.5. The van der Waals surface area contributed by atoms with Crippen molar-refractivity contribution in [3.8, 4) is 0 Å². The number of H-pyrrole nitrogens is 1. The zero-order valence-corrected chi connectivity index (χ0v) is 21.2. The SMILES string of the molecule is COCCN[C@@H]1C[C@@H]2c3[nH]c4ccccc4c3C[C@@H](C(=O)OC)N2[C@H](c2ccc(C(C)C)cc2)C1. The normalized spacial score (nSPS) is 24.4. The predicted molar refractivity (Wildman–Crippen MR) is 139 cm³/mol. The molecular formula is C29H37N3O3. The van der Waals surface area contributed by atoms with Gasteiger partial charge in [0.2, 0.25) is 0 Å². The van der Waals surface area contributed by atoms with Gasteiger partial charge in [-0.25, -0.2) is 0 Å². The summed E-state index contributed by atoms with van der Waals surface area (Å²) in [6.07, 6.45) is 2.52. The number of carbonyl (C=O) groups excluding carboxylic acids is 1. The number of nitrogens with one attached hydrogen (secondary N) is 2. The summed E-state index contributed by atoms with van der Waals surface area (Å²) >= 11 is 0. The fraction of sp³-hybridized carbons (Fsp3) is 0.483. The molecule has 0 spiro atoms. The van der Waals surface area contributed by atoms with E-state index in [1.165, 1.54) is 34.9 Å². The number of rotatable bonds is 7. The van der Waals surface area contributed by atoms with Crippen LogP contribution in [0.25, 0.3) is 10.9 Å². The third kappa shape index (κ3) is 4.51. The molecule has 0 saturated carbocycles. The molecule has 35 heavy (non-hydrogen) atoms. The maximum Gasteiger partial charge on any atom is 0.323 e. The molecule has 6 heteroatoms. The van der Waals surface area contributed by atoms with Crippen molar-refractivity contribution in [2.75, 3.05) is 27.4 Å². The molecule has 0 unspecified atom stereocenters. The molecule has 4 atom stereocenters. The molecular weight excluding hydrogens is 438 g/mol. The molecule has 5 rings (SSSR count). The predicted octanol–water partition coefficient (Wildman–Crippen LogP) is 4.87. The van der Waals surface area contributed by atoms with E-state index in [9.17, 15) is 4.79 Å². The third-order valence-corrected chi connectivity index (χ3v) is 7.87. The van der Waals surface area contributed by atoms with Gasteiger partial charge in [0.25, 0.3) is 0 Å². The second-order valence-electron chi connectivity index (χ2n) is 10.2. The Balaban J connectivity index is 1.59. The minimum absolute atomic E-state index is 0.0961. The van der Waals surface area contributed by atoms with Crippen LogP contribution in [0.3, 0.4) is 0 Å². The maximum atomic E-state index is 13.2. The van der Waals surface area contributed by atoms with Crippen LogP contribution < -0.4 is 5.32 Å². The summed E-state index contributed by atoms with van der Waals surface area (Å²) in [6, 6.07) is 17.6. The molecule has 2 aromatic carbocycles. The number of benzene rings is 2. The minimum atomic E-state index is -0.314. The van der Waals surface area contributed by atoms with Crippen LogP contribution in [0.2, 0.25) is 0 Å². The Morgan fingerprint density at radius 3 is 2.54 bits per heavy atom. The van der Waals surface area contributed by atoms with Crippen LogP contribution in [0.15, 0.2) is 48.5 Å². The standard InChI is InChI=1S/C29H37N3O3/c1-18(2)19-9-11-20(12-10-19)25-15-21(30-13-14-34-3)16-26-28-23(17-27(32(25)26)29(33)35-4)22-7-5-6-8-24(22)31-28/h5-12,18,21,25-27,30-31H,13-17H2,1-4H3/t21-,25-,26+,27-/m0/s1. The first kappa shape index (κ1) is 24.0. The van der Waals surface area contributed by atoms with Gasteiger partial charge in [-0.2, -0.15) is 0 Å². The van der Waals surface area contributed by atoms with Crippen molar-refractivity contribution in [3.63, 3.8) is 0 Å². The van der Waals surface area contributed by atoms with Crippen LogP contribution in [-0.4, -0.2) is 55.3 Å². The molecule has 6 nitrogen and oxygen atoms in total. The lowest BCUT2D eigenvalue weighted by molar-refractivity contribution is -0.152. The molecule has 0 radical (unpaired) electrons. The van der Waals surface area contributed by atoms with Gasteiger partial charge in [0.05, 0.1) is 19.8 Å². The molecule has 3 heterocycles. The molecule has 0 aliphatic carbocycles. The molecule has 2 aliphatic heterocycles. The Kier molecular flexibility index (Phi) is 6.96. The van der Waals surface area contributed by atoms with E-state index in [1.807, 2.05) is 0 Å². The lowest BCUT2D eigenvalue weighted by Crippen LogP contribution is -2.55. The first-order chi connectivity index (χ1) is 17.0. The summed E-state index contributed by atoms with van der Waals surface area (Å²) in [5.74, 6) is 0.332. The fourth-order valence-corrected chi connectivity index (χ4v) is 6.11. The number of ether oxygens (including phenoxy) is 2. The molecule has 3 aromatic rings. The van der Waals surface area contributed by atoms with E-state index >= 15 is 0 Å². The summed E-state index contributed by atoms with van der Waals surface area (Å²) < 4.78 is 10.7. The number of fused-ring (bicyclic) bond motifs is 5. The smallest absolute Gasteiger partial charge is 0.323 e. The largest absolute Gasteiger partial charge is 0.468 e. The number of hydrogen-bond donors (Lipinski definition) is 2. The van der Waals surface area contributed by atoms with E-state index in [1.54, 1.807) is 7.11 Å². The summed E-state index contributed by atoms with van der Waals surface area (Å²) in [5, 5.41) is 4.94. The van der Waals surface area contributed by atoms with E-state index < -0.39 is 0 Å². The van der Waals surface area contributed by atoms with Crippen molar-refractivity contribution >= 4 is 16.9 Å². The quantitative estimate of drug-likeness (QED) is 0.377. The van der Waals surface area contributed by atoms with Gasteiger partial charge in [-0.3, -0.25) is 9.69 Å². The number of aromatic amines is 1. The average Bonchev–Trinajstić information content (AvgIpc) is 3.26. The van der Waals surface area contributed by atoms with Gasteiger partial charge in [-0.05, 0) is 41.5 Å². The van der Waals surface area contributed by atoms with E-state index in [2.05, 4.69) is 77.6 Å². The highest BCUT2D eigenvalue weighted by molar-refractivity contribution is 5.87. The Morgan fingerprint density at radius 2 is 1.83 bits per heavy atom. The second kappa shape index (κ2) is 10.1. The summed E-state index contributed by atoms with van der Waals surface area (Å²) in [5.41, 5.74) is 6.22. The Labute approximate surface area is 208 Å². The van der Waals surface area contributed by atoms with Crippen molar-refractivity contribution in [1.29, 1.82) is 0 Å². The van der Waals surface area contributed by atoms with Gasteiger partial charge in [-0.15, -0.1) is 0 Å². The van der Waals surface area contributed by atoms with Crippen molar-refractivity contribution in [3.05, 3.63) is 70.9 Å². The first-order valence-electron chi connectivity index (χ1n) is 12.8. The maximum absolute atomic E-state index is 13.2. The van der Waals surface area contributed by atoms with Gasteiger partial charge in [0.1, 0.15) is 6.04 Å². The van der Waals surface area contributed by atoms with Crippen LogP contribution in [0.1, 0.15) is 67.1 Å². The van der Waals surface area contributed by atoms with E-state index in [4.69, 9.17) is 9.47 Å². The van der Waals surface area contributed by atoms with Gasteiger partial charge in [0.15, 0.2) is 0 Å². The summed E-state index contributed by atoms with van der Waals surface area (Å²) in [4.78, 5) is 19.4. The Hall–Kier alpha value is -2.67. The number of carbonyl (C=O) groups is 1. The Bertz CT molecular complexity index is 1170. The number of hydrogen-bond acceptors (Lipinski definition) is 5. The van der Waals surface area contributed by atoms with Crippen molar-refractivity contribution in [1.82, 2.24) is 15.2 Å². The number of piperidine rings is 1. The van der Waals surface area contributed by atoms with Crippen LogP contribution in [0.4, 0.5) is 0 Å². The zero-order valence-electron chi connectivity index (χ0n) is 21.2. The lowest BCUT2D eigenvalue weighted by Gasteiger charge is -2.50. The number of aromatic nitrogens is 1. The van der Waals surface area contributed by atoms with Crippen molar-refractivity contribution in [2.45, 2.75) is 63.2 Å². The molecule has 2 aliphatic rings. The lowest BCUT2D eigenvalue weighted by atomic mass is 9.79. The average molecular weight is 476 g/mol. The van der Waals surface area contributed by atoms with Gasteiger partial charge in [0, 0.05) is 48.8 Å². The first-order valence-corrected chi connectivity index (χ1v) is 12.8. The fourth-order valence-electron chi connectivity index (χ4n) is 6.11. The van der Waals surface area contributed by atoms with Gasteiger partial charge < -0.3 is 19.8 Å². The van der Waals surface area contributed by atoms with Crippen molar-refractivity contribution < 1.29 is 14.3 Å². The number of nitrogens with zero attached hydrogens (tertiary/aromatic N) is 1. The van der Waals surface area contributed by atoms with E-state index in [0.29, 0.717) is 25.0 Å². The highest BCUT2D eigenvalue weighted by atomic mass is 16.5. The van der Waals surface area contributed by atoms with Crippen LogP contribution in [-0.2, 0) is 20.7 Å². The molecule has 2 N–H and O–H groups in total. The van der Waals surface area contributed by atoms with Gasteiger partial charge >= 0.3 is 5.97 Å². The van der Waals surface area contributed by atoms with Crippen LogP contribution in [0, 0.1) is 0 Å². The highest BCUT2D eigenvalue weighted by Crippen LogP contribution is 2.48. The van der Waals surface area contributed by atoms with Crippen LogP contribution in [0.5, 0.6) is 0 Å². The highest BCUT2D eigenvalue weighted by Gasteiger charge is 2.48. The number of methoxy groups -OCH3 is 2. The second-order valence-corrected chi connectivity index (χ2v) is 10.2. The van der Waals surface area contributed by atoms with Crippen molar-refractivity contribution in [2.24, 2.45) is 0 Å². The molecule has 1 fully saturated rings. The van der Waals surface area contributed by atoms with Crippen LogP contribution >= 0.6 is 0 Å². The number of para-hydroxylation sites is 1. The Morgan fingerprint density at radius 1 is 1.09 bits per heavy atom. The molecule has 186 valence electrons. The molecule has 0 bridgehead atoms. The topological polar surface area (TPSA) is 66.6 Å².